The second-order valence-corrected chi connectivity index (χ2v) is 17.6. The molecule has 0 fully saturated rings. The van der Waals surface area contributed by atoms with Crippen molar-refractivity contribution in [1.29, 1.82) is 0 Å². The zero-order valence-electron chi connectivity index (χ0n) is 27.4. The second kappa shape index (κ2) is 15.8. The Labute approximate surface area is 329 Å². The molecule has 6 aromatic carbocycles. The van der Waals surface area contributed by atoms with E-state index in [9.17, 15) is 44.2 Å². The van der Waals surface area contributed by atoms with E-state index in [1.54, 1.807) is 0 Å². The molecule has 0 radical (unpaired) electrons. The van der Waals surface area contributed by atoms with Crippen molar-refractivity contribution in [2.75, 3.05) is 0 Å². The summed E-state index contributed by atoms with van der Waals surface area (Å²) in [6.07, 6.45) is 0. The van der Waals surface area contributed by atoms with E-state index in [1.807, 2.05) is 0 Å². The molecule has 0 spiro atoms. The standard InChI is InChI=1S/C36H26O12S4.Na/c37-24-7-15-29(16-8-24)50(40,41)31-19-11-26(12-20-31)47-34-5-2-6-35(36(34)49(39)28-3-1-4-33(23-28)52(44,45)46)48-27-13-21-32(22-14-27)51(42,43)30-17-9-25(38)10-18-30;/h1-23,37-38H,(H,44,45,46);/q;+1/p-1. The van der Waals surface area contributed by atoms with Crippen LogP contribution in [0, 0.1) is 0 Å². The Morgan fingerprint density at radius 2 is 0.849 bits per heavy atom. The minimum Gasteiger partial charge on any atom is -0.744 e. The topological polar surface area (TPSA) is 201 Å². The summed E-state index contributed by atoms with van der Waals surface area (Å²) in [4.78, 5) is -1.02. The van der Waals surface area contributed by atoms with Gasteiger partial charge in [0.1, 0.15) is 49.5 Å². The van der Waals surface area contributed by atoms with Crippen LogP contribution in [-0.4, -0.2) is 44.2 Å². The SMILES string of the molecule is O=S(c1cccc(S(=O)(=O)[O-])c1)c1c(Oc2ccc(S(=O)(=O)c3ccc(O)cc3)cc2)cccc1Oc1ccc(S(=O)(=O)c2ccc(O)cc2)cc1.[Na+]. The van der Waals surface area contributed by atoms with E-state index in [2.05, 4.69) is 0 Å². The first-order valence-electron chi connectivity index (χ1n) is 14.9. The minimum atomic E-state index is -4.91. The van der Waals surface area contributed by atoms with Gasteiger partial charge < -0.3 is 24.2 Å². The summed E-state index contributed by atoms with van der Waals surface area (Å²) in [6.45, 7) is 0. The Morgan fingerprint density at radius 1 is 0.491 bits per heavy atom. The van der Waals surface area contributed by atoms with E-state index < -0.39 is 45.5 Å². The van der Waals surface area contributed by atoms with Crippen LogP contribution < -0.4 is 39.0 Å². The molecule has 12 nitrogen and oxygen atoms in total. The van der Waals surface area contributed by atoms with E-state index in [4.69, 9.17) is 9.47 Å². The second-order valence-electron chi connectivity index (χ2n) is 10.9. The molecule has 0 saturated carbocycles. The fourth-order valence-corrected chi connectivity index (χ4v) is 9.22. The molecule has 1 atom stereocenters. The van der Waals surface area contributed by atoms with Crippen LogP contribution in [0.25, 0.3) is 0 Å². The predicted molar refractivity (Wildman–Crippen MR) is 186 cm³/mol. The number of sulfone groups is 2. The van der Waals surface area contributed by atoms with Crippen molar-refractivity contribution in [2.24, 2.45) is 0 Å². The maximum Gasteiger partial charge on any atom is 1.00 e. The van der Waals surface area contributed by atoms with E-state index in [1.165, 1.54) is 127 Å². The van der Waals surface area contributed by atoms with Crippen LogP contribution >= 0.6 is 0 Å². The first kappa shape index (κ1) is 39.7. The third-order valence-corrected chi connectivity index (χ3v) is 13.3. The smallest absolute Gasteiger partial charge is 0.744 e. The minimum absolute atomic E-state index is 0. The van der Waals surface area contributed by atoms with Crippen LogP contribution in [0.5, 0.6) is 34.5 Å². The molecule has 0 aliphatic carbocycles. The van der Waals surface area contributed by atoms with Crippen LogP contribution in [0.3, 0.4) is 0 Å². The molecular formula is C36H25NaO12S4. The first-order valence-corrected chi connectivity index (χ1v) is 20.4. The average molecular weight is 801 g/mol. The van der Waals surface area contributed by atoms with Crippen LogP contribution in [0.2, 0.25) is 0 Å². The van der Waals surface area contributed by atoms with Crippen molar-refractivity contribution in [3.8, 4) is 34.5 Å². The molecule has 0 amide bonds. The number of aromatic hydroxyl groups is 2. The van der Waals surface area contributed by atoms with Gasteiger partial charge in [-0.15, -0.1) is 0 Å². The van der Waals surface area contributed by atoms with Crippen molar-refractivity contribution in [3.63, 3.8) is 0 Å². The van der Waals surface area contributed by atoms with Crippen molar-refractivity contribution in [2.45, 2.75) is 34.3 Å². The van der Waals surface area contributed by atoms with Gasteiger partial charge in [0.05, 0.1) is 35.3 Å². The first-order chi connectivity index (χ1) is 24.6. The summed E-state index contributed by atoms with van der Waals surface area (Å²) in [7, 11) is -15.0. The molecule has 0 aromatic heterocycles. The third kappa shape index (κ3) is 8.83. The molecule has 17 heteroatoms. The maximum absolute atomic E-state index is 14.1. The van der Waals surface area contributed by atoms with Gasteiger partial charge in [0.15, 0.2) is 0 Å². The molecule has 266 valence electrons. The van der Waals surface area contributed by atoms with Gasteiger partial charge in [-0.25, -0.2) is 29.5 Å². The zero-order valence-corrected chi connectivity index (χ0v) is 32.7. The van der Waals surface area contributed by atoms with Crippen molar-refractivity contribution >= 4 is 40.6 Å². The Kier molecular flexibility index (Phi) is 11.9. The number of hydrogen-bond acceptors (Lipinski definition) is 12. The molecule has 0 aliphatic rings. The maximum atomic E-state index is 14.1. The zero-order chi connectivity index (χ0) is 37.3. The van der Waals surface area contributed by atoms with Crippen molar-refractivity contribution < 1.29 is 83.3 Å². The fraction of sp³-hybridized carbons (Fsp3) is 0. The summed E-state index contributed by atoms with van der Waals surface area (Å²) < 4.78 is 114. The molecule has 0 aliphatic heterocycles. The van der Waals surface area contributed by atoms with Gasteiger partial charge >= 0.3 is 29.6 Å². The Bertz CT molecular complexity index is 2490. The molecule has 53 heavy (non-hydrogen) atoms. The monoisotopic (exact) mass is 800 g/mol. The van der Waals surface area contributed by atoms with Gasteiger partial charge in [0.25, 0.3) is 0 Å². The van der Waals surface area contributed by atoms with Crippen LogP contribution in [0.4, 0.5) is 0 Å². The summed E-state index contributed by atoms with van der Waals surface area (Å²) in [5, 5.41) is 19.1. The van der Waals surface area contributed by atoms with Crippen molar-refractivity contribution in [1.82, 2.24) is 0 Å². The predicted octanol–water partition coefficient (Wildman–Crippen LogP) is 3.42. The third-order valence-electron chi connectivity index (χ3n) is 7.45. The van der Waals surface area contributed by atoms with Crippen LogP contribution in [0.15, 0.2) is 174 Å². The van der Waals surface area contributed by atoms with E-state index in [-0.39, 0.29) is 93.4 Å². The number of benzene rings is 6. The van der Waals surface area contributed by atoms with Gasteiger partial charge in [-0.3, -0.25) is 0 Å². The normalized spacial score (nSPS) is 12.3. The number of hydrogen-bond donors (Lipinski definition) is 2. The summed E-state index contributed by atoms with van der Waals surface area (Å²) in [6, 6.07) is 29.7. The Balaban J connectivity index is 0.00000541. The molecule has 6 rings (SSSR count). The average Bonchev–Trinajstić information content (AvgIpc) is 3.12. The van der Waals surface area contributed by atoms with E-state index >= 15 is 0 Å². The van der Waals surface area contributed by atoms with Crippen LogP contribution in [0.1, 0.15) is 0 Å². The number of phenols is 2. The van der Waals surface area contributed by atoms with Gasteiger partial charge in [0, 0.05) is 4.90 Å². The molecule has 0 heterocycles. The van der Waals surface area contributed by atoms with Gasteiger partial charge in [-0.2, -0.15) is 0 Å². The van der Waals surface area contributed by atoms with Gasteiger partial charge in [-0.1, -0.05) is 12.1 Å². The molecule has 0 saturated heterocycles. The Hall–Kier alpha value is -4.52. The molecule has 6 aromatic rings. The van der Waals surface area contributed by atoms with Gasteiger partial charge in [0.2, 0.25) is 19.7 Å². The van der Waals surface area contributed by atoms with Crippen molar-refractivity contribution in [3.05, 3.63) is 140 Å². The number of rotatable bonds is 11. The number of phenolic OH excluding ortho intramolecular Hbond substituents is 2. The van der Waals surface area contributed by atoms with E-state index in [0.717, 1.165) is 12.1 Å². The molecule has 0 bridgehead atoms. The summed E-state index contributed by atoms with van der Waals surface area (Å²) in [5.74, 6) is -0.0173. The molecular weight excluding hydrogens is 776 g/mol. The number of ether oxygens (including phenoxy) is 2. The largest absolute Gasteiger partial charge is 1.00 e. The summed E-state index contributed by atoms with van der Waals surface area (Å²) in [5.41, 5.74) is 0. The fourth-order valence-electron chi connectivity index (χ4n) is 4.85. The summed E-state index contributed by atoms with van der Waals surface area (Å²) >= 11 is 0. The van der Waals surface area contributed by atoms with E-state index in [0.29, 0.717) is 0 Å². The quantitative estimate of drug-likeness (QED) is 0.143. The Morgan fingerprint density at radius 3 is 1.23 bits per heavy atom. The van der Waals surface area contributed by atoms with Gasteiger partial charge in [-0.05, 0) is 127 Å². The molecule has 1 unspecified atom stereocenters. The van der Waals surface area contributed by atoms with Crippen LogP contribution in [-0.2, 0) is 40.6 Å². The molecule has 2 N–H and O–H groups in total.